The maximum atomic E-state index is 11.5. The molecule has 0 bridgehead atoms. The van der Waals surface area contributed by atoms with Gasteiger partial charge in [0.15, 0.2) is 0 Å². The quantitative estimate of drug-likeness (QED) is 0.548. The normalized spacial score (nSPS) is 10.3. The lowest BCUT2D eigenvalue weighted by atomic mass is 9.79. The third-order valence-electron chi connectivity index (χ3n) is 2.47. The van der Waals surface area contributed by atoms with E-state index >= 15 is 0 Å². The minimum Gasteiger partial charge on any atom is -0.465 e. The van der Waals surface area contributed by atoms with Gasteiger partial charge in [-0.05, 0) is 17.6 Å². The summed E-state index contributed by atoms with van der Waals surface area (Å²) >= 11 is 0. The summed E-state index contributed by atoms with van der Waals surface area (Å²) in [5.41, 5.74) is 1.24. The SMILES string of the molecule is COC(=O)c1ccnc2ccc(B(O)O)cc12. The van der Waals surface area contributed by atoms with E-state index < -0.39 is 13.1 Å². The van der Waals surface area contributed by atoms with E-state index in [4.69, 9.17) is 10.0 Å². The van der Waals surface area contributed by atoms with E-state index in [0.717, 1.165) is 0 Å². The van der Waals surface area contributed by atoms with Gasteiger partial charge >= 0.3 is 13.1 Å². The Bertz CT molecular complexity index is 570. The van der Waals surface area contributed by atoms with Crippen LogP contribution in [0.25, 0.3) is 10.9 Å². The maximum absolute atomic E-state index is 11.5. The largest absolute Gasteiger partial charge is 0.488 e. The van der Waals surface area contributed by atoms with Gasteiger partial charge in [0.25, 0.3) is 0 Å². The monoisotopic (exact) mass is 231 g/mol. The van der Waals surface area contributed by atoms with Crippen LogP contribution in [-0.4, -0.2) is 35.2 Å². The highest BCUT2D eigenvalue weighted by atomic mass is 16.5. The van der Waals surface area contributed by atoms with E-state index in [1.54, 1.807) is 12.1 Å². The van der Waals surface area contributed by atoms with Crippen molar-refractivity contribution in [2.75, 3.05) is 7.11 Å². The fourth-order valence-corrected chi connectivity index (χ4v) is 1.61. The van der Waals surface area contributed by atoms with Crippen LogP contribution in [-0.2, 0) is 4.74 Å². The minimum atomic E-state index is -1.58. The number of nitrogens with zero attached hydrogens (tertiary/aromatic N) is 1. The van der Waals surface area contributed by atoms with Crippen molar-refractivity contribution in [2.45, 2.75) is 0 Å². The summed E-state index contributed by atoms with van der Waals surface area (Å²) in [7, 11) is -0.288. The molecule has 0 fully saturated rings. The molecule has 5 nitrogen and oxygen atoms in total. The number of carbonyl (C=O) groups is 1. The summed E-state index contributed by atoms with van der Waals surface area (Å²) < 4.78 is 4.65. The third-order valence-corrected chi connectivity index (χ3v) is 2.47. The van der Waals surface area contributed by atoms with Gasteiger partial charge in [0.1, 0.15) is 0 Å². The molecule has 0 spiro atoms. The molecule has 0 amide bonds. The fourth-order valence-electron chi connectivity index (χ4n) is 1.61. The maximum Gasteiger partial charge on any atom is 0.488 e. The molecule has 17 heavy (non-hydrogen) atoms. The van der Waals surface area contributed by atoms with Gasteiger partial charge in [0, 0.05) is 11.6 Å². The van der Waals surface area contributed by atoms with Crippen LogP contribution < -0.4 is 5.46 Å². The zero-order valence-electron chi connectivity index (χ0n) is 9.12. The van der Waals surface area contributed by atoms with E-state index in [-0.39, 0.29) is 0 Å². The average Bonchev–Trinajstić information content (AvgIpc) is 2.36. The highest BCUT2D eigenvalue weighted by Crippen LogP contribution is 2.16. The average molecular weight is 231 g/mol. The van der Waals surface area contributed by atoms with Crippen LogP contribution in [0.15, 0.2) is 30.5 Å². The number of esters is 1. The van der Waals surface area contributed by atoms with Crippen molar-refractivity contribution in [2.24, 2.45) is 0 Å². The van der Waals surface area contributed by atoms with Crippen molar-refractivity contribution in [3.63, 3.8) is 0 Å². The van der Waals surface area contributed by atoms with Crippen LogP contribution in [0.1, 0.15) is 10.4 Å². The highest BCUT2D eigenvalue weighted by Gasteiger charge is 2.15. The lowest BCUT2D eigenvalue weighted by Gasteiger charge is -2.06. The molecule has 2 rings (SSSR count). The molecule has 0 saturated heterocycles. The van der Waals surface area contributed by atoms with E-state index in [0.29, 0.717) is 21.9 Å². The number of rotatable bonds is 2. The standard InChI is InChI=1S/C11H10BNO4/c1-17-11(14)8-4-5-13-10-3-2-7(12(15)16)6-9(8)10/h2-6,15-16H,1H3. The first kappa shape index (κ1) is 11.6. The molecule has 1 aromatic carbocycles. The van der Waals surface area contributed by atoms with Crippen molar-refractivity contribution in [3.05, 3.63) is 36.0 Å². The summed E-state index contributed by atoms with van der Waals surface area (Å²) in [6, 6.07) is 6.21. The number of hydrogen-bond acceptors (Lipinski definition) is 5. The Labute approximate surface area is 97.8 Å². The fraction of sp³-hybridized carbons (Fsp3) is 0.0909. The predicted molar refractivity (Wildman–Crippen MR) is 62.9 cm³/mol. The second-order valence-electron chi connectivity index (χ2n) is 3.50. The number of benzene rings is 1. The molecule has 0 aliphatic carbocycles. The number of pyridine rings is 1. The Morgan fingerprint density at radius 2 is 2.12 bits per heavy atom. The molecule has 0 radical (unpaired) electrons. The van der Waals surface area contributed by atoms with Crippen molar-refractivity contribution in [3.8, 4) is 0 Å². The second-order valence-corrected chi connectivity index (χ2v) is 3.50. The molecule has 0 atom stereocenters. The van der Waals surface area contributed by atoms with Crippen LogP contribution in [0.4, 0.5) is 0 Å². The molecule has 0 unspecified atom stereocenters. The molecular formula is C11H10BNO4. The predicted octanol–water partition coefficient (Wildman–Crippen LogP) is -0.299. The summed E-state index contributed by atoms with van der Waals surface area (Å²) in [6.07, 6.45) is 1.50. The summed E-state index contributed by atoms with van der Waals surface area (Å²) in [5.74, 6) is -0.484. The Kier molecular flexibility index (Phi) is 3.08. The first-order chi connectivity index (χ1) is 8.13. The molecule has 2 N–H and O–H groups in total. The van der Waals surface area contributed by atoms with Crippen LogP contribution >= 0.6 is 0 Å². The first-order valence-corrected chi connectivity index (χ1v) is 4.96. The van der Waals surface area contributed by atoms with E-state index in [1.807, 2.05) is 0 Å². The van der Waals surface area contributed by atoms with Gasteiger partial charge in [-0.25, -0.2) is 4.79 Å². The van der Waals surface area contributed by atoms with E-state index in [1.165, 1.54) is 25.4 Å². The molecule has 0 saturated carbocycles. The Morgan fingerprint density at radius 3 is 2.76 bits per heavy atom. The van der Waals surface area contributed by atoms with Crippen molar-refractivity contribution in [1.29, 1.82) is 0 Å². The van der Waals surface area contributed by atoms with Crippen LogP contribution in [0.2, 0.25) is 0 Å². The molecule has 1 aromatic heterocycles. The third kappa shape index (κ3) is 2.13. The highest BCUT2D eigenvalue weighted by molar-refractivity contribution is 6.59. The lowest BCUT2D eigenvalue weighted by molar-refractivity contribution is 0.0603. The zero-order chi connectivity index (χ0) is 12.4. The Morgan fingerprint density at radius 1 is 1.35 bits per heavy atom. The van der Waals surface area contributed by atoms with Gasteiger partial charge in [-0.3, -0.25) is 4.98 Å². The van der Waals surface area contributed by atoms with Gasteiger partial charge in [0.2, 0.25) is 0 Å². The molecule has 0 aliphatic rings. The molecule has 2 aromatic rings. The smallest absolute Gasteiger partial charge is 0.465 e. The number of fused-ring (bicyclic) bond motifs is 1. The van der Waals surface area contributed by atoms with Gasteiger partial charge < -0.3 is 14.8 Å². The molecule has 6 heteroatoms. The zero-order valence-corrected chi connectivity index (χ0v) is 9.12. The molecule has 0 aliphatic heterocycles. The van der Waals surface area contributed by atoms with Crippen molar-refractivity contribution >= 4 is 29.5 Å². The van der Waals surface area contributed by atoms with Crippen molar-refractivity contribution < 1.29 is 19.6 Å². The van der Waals surface area contributed by atoms with Gasteiger partial charge in [0.05, 0.1) is 18.2 Å². The lowest BCUT2D eigenvalue weighted by Crippen LogP contribution is -2.29. The van der Waals surface area contributed by atoms with Crippen LogP contribution in [0.5, 0.6) is 0 Å². The topological polar surface area (TPSA) is 79.7 Å². The number of hydrogen-bond donors (Lipinski definition) is 2. The minimum absolute atomic E-state index is 0.302. The summed E-state index contributed by atoms with van der Waals surface area (Å²) in [6.45, 7) is 0. The van der Waals surface area contributed by atoms with Crippen molar-refractivity contribution in [1.82, 2.24) is 4.98 Å². The molecule has 86 valence electrons. The first-order valence-electron chi connectivity index (χ1n) is 4.96. The number of aromatic nitrogens is 1. The Balaban J connectivity index is 2.68. The van der Waals surface area contributed by atoms with E-state index in [2.05, 4.69) is 9.72 Å². The van der Waals surface area contributed by atoms with Gasteiger partial charge in [-0.15, -0.1) is 0 Å². The van der Waals surface area contributed by atoms with E-state index in [9.17, 15) is 4.79 Å². The second kappa shape index (κ2) is 4.53. The number of carbonyl (C=O) groups excluding carboxylic acids is 1. The number of methoxy groups -OCH3 is 1. The number of ether oxygens (including phenoxy) is 1. The molecule has 1 heterocycles. The van der Waals surface area contributed by atoms with Gasteiger partial charge in [-0.2, -0.15) is 0 Å². The Hall–Kier alpha value is -1.92. The molecular weight excluding hydrogens is 221 g/mol. The van der Waals surface area contributed by atoms with Crippen LogP contribution in [0, 0.1) is 0 Å². The summed E-state index contributed by atoms with van der Waals surface area (Å²) in [5, 5.41) is 18.7. The summed E-state index contributed by atoms with van der Waals surface area (Å²) in [4.78, 5) is 15.6. The van der Waals surface area contributed by atoms with Gasteiger partial charge in [-0.1, -0.05) is 12.1 Å². The van der Waals surface area contributed by atoms with Crippen LogP contribution in [0.3, 0.4) is 0 Å².